The number of hydrogen-bond donors (Lipinski definition) is 0. The van der Waals surface area contributed by atoms with Crippen molar-refractivity contribution in [2.24, 2.45) is 0 Å². The van der Waals surface area contributed by atoms with Crippen LogP contribution >= 0.6 is 0 Å². The Morgan fingerprint density at radius 1 is 1.09 bits per heavy atom. The average Bonchev–Trinajstić information content (AvgIpc) is 2.58. The molecular weight excluding hydrogens is 284 g/mol. The van der Waals surface area contributed by atoms with E-state index in [-0.39, 0.29) is 18.0 Å². The Labute approximate surface area is 129 Å². The van der Waals surface area contributed by atoms with Gasteiger partial charge in [-0.1, -0.05) is 0 Å². The van der Waals surface area contributed by atoms with Gasteiger partial charge in [0.2, 0.25) is 5.91 Å². The van der Waals surface area contributed by atoms with Crippen LogP contribution in [0, 0.1) is 0 Å². The predicted molar refractivity (Wildman–Crippen MR) is 82.0 cm³/mol. The summed E-state index contributed by atoms with van der Waals surface area (Å²) in [5, 5.41) is 4.38. The molecule has 0 radical (unpaired) electrons. The summed E-state index contributed by atoms with van der Waals surface area (Å²) < 4.78 is 6.52. The van der Waals surface area contributed by atoms with Gasteiger partial charge in [-0.05, 0) is 25.3 Å². The first-order valence-corrected chi connectivity index (χ1v) is 7.93. The normalized spacial score (nSPS) is 19.3. The Balaban J connectivity index is 1.71. The van der Waals surface area contributed by atoms with E-state index in [0.29, 0.717) is 26.3 Å². The SMILES string of the molecule is O=C(Cn1nc(N2CCCCC2)ccc1=O)N1CCOCC1. The van der Waals surface area contributed by atoms with Crippen molar-refractivity contribution in [1.82, 2.24) is 14.7 Å². The molecule has 3 heterocycles. The summed E-state index contributed by atoms with van der Waals surface area (Å²) in [6, 6.07) is 3.26. The minimum atomic E-state index is -0.234. The van der Waals surface area contributed by atoms with Crippen molar-refractivity contribution in [3.05, 3.63) is 22.5 Å². The molecule has 2 fully saturated rings. The molecule has 2 saturated heterocycles. The van der Waals surface area contributed by atoms with Crippen LogP contribution in [-0.2, 0) is 16.1 Å². The smallest absolute Gasteiger partial charge is 0.267 e. The van der Waals surface area contributed by atoms with Crippen molar-refractivity contribution in [3.8, 4) is 0 Å². The molecule has 7 nitrogen and oxygen atoms in total. The fraction of sp³-hybridized carbons (Fsp3) is 0.667. The molecule has 0 unspecified atom stereocenters. The molecule has 2 aliphatic rings. The minimum Gasteiger partial charge on any atom is -0.378 e. The Morgan fingerprint density at radius 3 is 2.55 bits per heavy atom. The molecule has 1 aromatic rings. The molecule has 0 bridgehead atoms. The molecule has 2 aliphatic heterocycles. The van der Waals surface area contributed by atoms with Gasteiger partial charge < -0.3 is 14.5 Å². The van der Waals surface area contributed by atoms with E-state index in [1.54, 1.807) is 11.0 Å². The summed E-state index contributed by atoms with van der Waals surface area (Å²) in [5.74, 6) is 0.711. The maximum absolute atomic E-state index is 12.3. The Kier molecular flexibility index (Phi) is 4.72. The Bertz CT molecular complexity index is 574. The molecule has 1 amide bonds. The number of piperidine rings is 1. The van der Waals surface area contributed by atoms with E-state index in [2.05, 4.69) is 10.00 Å². The summed E-state index contributed by atoms with van der Waals surface area (Å²) in [7, 11) is 0. The number of carbonyl (C=O) groups excluding carboxylic acids is 1. The predicted octanol–water partition coefficient (Wildman–Crippen LogP) is 0.0924. The third-order valence-corrected chi connectivity index (χ3v) is 4.18. The Hall–Kier alpha value is -1.89. The lowest BCUT2D eigenvalue weighted by molar-refractivity contribution is -0.136. The number of morpholine rings is 1. The van der Waals surface area contributed by atoms with Crippen molar-refractivity contribution < 1.29 is 9.53 Å². The minimum absolute atomic E-state index is 0.000509. The highest BCUT2D eigenvalue weighted by Gasteiger charge is 2.19. The van der Waals surface area contributed by atoms with Crippen LogP contribution in [0.15, 0.2) is 16.9 Å². The standard InChI is InChI=1S/C15H22N4O3/c20-14-5-4-13(17-6-2-1-3-7-17)16-19(14)12-15(21)18-8-10-22-11-9-18/h4-5H,1-3,6-12H2. The van der Waals surface area contributed by atoms with Gasteiger partial charge in [-0.2, -0.15) is 5.10 Å². The van der Waals surface area contributed by atoms with Crippen LogP contribution in [0.3, 0.4) is 0 Å². The van der Waals surface area contributed by atoms with Gasteiger partial charge >= 0.3 is 0 Å². The largest absolute Gasteiger partial charge is 0.378 e. The van der Waals surface area contributed by atoms with Gasteiger partial charge in [0.25, 0.3) is 5.56 Å². The van der Waals surface area contributed by atoms with Crippen LogP contribution in [0.1, 0.15) is 19.3 Å². The second-order valence-electron chi connectivity index (χ2n) is 5.73. The number of anilines is 1. The maximum Gasteiger partial charge on any atom is 0.267 e. The van der Waals surface area contributed by atoms with Crippen LogP contribution in [-0.4, -0.2) is 60.0 Å². The zero-order valence-electron chi connectivity index (χ0n) is 12.7. The summed E-state index contributed by atoms with van der Waals surface area (Å²) in [6.07, 6.45) is 3.53. The number of nitrogens with zero attached hydrogens (tertiary/aromatic N) is 4. The molecule has 120 valence electrons. The molecule has 0 N–H and O–H groups in total. The highest BCUT2D eigenvalue weighted by molar-refractivity contribution is 5.76. The van der Waals surface area contributed by atoms with Crippen LogP contribution in [0.2, 0.25) is 0 Å². The molecule has 0 atom stereocenters. The topological polar surface area (TPSA) is 67.7 Å². The Morgan fingerprint density at radius 2 is 1.82 bits per heavy atom. The van der Waals surface area contributed by atoms with Crippen LogP contribution in [0.25, 0.3) is 0 Å². The first-order chi connectivity index (χ1) is 10.7. The summed E-state index contributed by atoms with van der Waals surface area (Å²) >= 11 is 0. The van der Waals surface area contributed by atoms with Gasteiger partial charge in [0.1, 0.15) is 12.4 Å². The lowest BCUT2D eigenvalue weighted by Gasteiger charge is -2.28. The van der Waals surface area contributed by atoms with Gasteiger partial charge in [0.15, 0.2) is 0 Å². The van der Waals surface area contributed by atoms with E-state index < -0.39 is 0 Å². The number of carbonyl (C=O) groups is 1. The van der Waals surface area contributed by atoms with Gasteiger partial charge in [-0.25, -0.2) is 4.68 Å². The van der Waals surface area contributed by atoms with Gasteiger partial charge in [-0.15, -0.1) is 0 Å². The van der Waals surface area contributed by atoms with E-state index in [1.807, 2.05) is 0 Å². The van der Waals surface area contributed by atoms with Crippen molar-refractivity contribution >= 4 is 11.7 Å². The summed E-state index contributed by atoms with van der Waals surface area (Å²) in [5.41, 5.74) is -0.234. The van der Waals surface area contributed by atoms with Crippen LogP contribution in [0.5, 0.6) is 0 Å². The van der Waals surface area contributed by atoms with E-state index in [0.717, 1.165) is 31.7 Å². The zero-order chi connectivity index (χ0) is 15.4. The lowest BCUT2D eigenvalue weighted by Crippen LogP contribution is -2.44. The van der Waals surface area contributed by atoms with E-state index in [1.165, 1.54) is 17.2 Å². The summed E-state index contributed by atoms with van der Waals surface area (Å²) in [4.78, 5) is 28.1. The third-order valence-electron chi connectivity index (χ3n) is 4.18. The molecule has 1 aromatic heterocycles. The fourth-order valence-corrected chi connectivity index (χ4v) is 2.88. The number of aromatic nitrogens is 2. The number of amides is 1. The lowest BCUT2D eigenvalue weighted by atomic mass is 10.1. The molecule has 0 aromatic carbocycles. The molecule has 0 aliphatic carbocycles. The number of rotatable bonds is 3. The zero-order valence-corrected chi connectivity index (χ0v) is 12.7. The van der Waals surface area contributed by atoms with Crippen LogP contribution in [0.4, 0.5) is 5.82 Å². The van der Waals surface area contributed by atoms with Gasteiger partial charge in [-0.3, -0.25) is 9.59 Å². The van der Waals surface area contributed by atoms with Crippen molar-refractivity contribution in [3.63, 3.8) is 0 Å². The van der Waals surface area contributed by atoms with E-state index in [9.17, 15) is 9.59 Å². The number of hydrogen-bond acceptors (Lipinski definition) is 5. The third kappa shape index (κ3) is 3.47. The molecule has 3 rings (SSSR count). The van der Waals surface area contributed by atoms with Crippen molar-refractivity contribution in [2.75, 3.05) is 44.3 Å². The second-order valence-corrected chi connectivity index (χ2v) is 5.73. The first kappa shape index (κ1) is 15.0. The monoisotopic (exact) mass is 306 g/mol. The summed E-state index contributed by atoms with van der Waals surface area (Å²) in [6.45, 7) is 4.20. The molecule has 0 saturated carbocycles. The average molecular weight is 306 g/mol. The fourth-order valence-electron chi connectivity index (χ4n) is 2.88. The quantitative estimate of drug-likeness (QED) is 0.792. The first-order valence-electron chi connectivity index (χ1n) is 7.93. The second kappa shape index (κ2) is 6.91. The van der Waals surface area contributed by atoms with E-state index >= 15 is 0 Å². The van der Waals surface area contributed by atoms with Crippen LogP contribution < -0.4 is 10.5 Å². The molecule has 7 heteroatoms. The van der Waals surface area contributed by atoms with Crippen molar-refractivity contribution in [1.29, 1.82) is 0 Å². The maximum atomic E-state index is 12.3. The molecule has 0 spiro atoms. The molecular formula is C15H22N4O3. The highest BCUT2D eigenvalue weighted by atomic mass is 16.5. The number of ether oxygens (including phenoxy) is 1. The van der Waals surface area contributed by atoms with Crippen molar-refractivity contribution in [2.45, 2.75) is 25.8 Å². The van der Waals surface area contributed by atoms with Gasteiger partial charge in [0.05, 0.1) is 13.2 Å². The van der Waals surface area contributed by atoms with Gasteiger partial charge in [0, 0.05) is 32.2 Å². The highest BCUT2D eigenvalue weighted by Crippen LogP contribution is 2.15. The molecule has 22 heavy (non-hydrogen) atoms. The van der Waals surface area contributed by atoms with E-state index in [4.69, 9.17) is 4.74 Å².